The van der Waals surface area contributed by atoms with Crippen LogP contribution in [0.5, 0.6) is 0 Å². The van der Waals surface area contributed by atoms with Crippen molar-refractivity contribution in [1.29, 1.82) is 0 Å². The van der Waals surface area contributed by atoms with Crippen molar-refractivity contribution in [1.82, 2.24) is 20.4 Å². The molecule has 0 spiro atoms. The van der Waals surface area contributed by atoms with Crippen LogP contribution in [0.15, 0.2) is 12.3 Å². The molecule has 88 valence electrons. The Bertz CT molecular complexity index is 361. The maximum atomic E-state index is 11.0. The Morgan fingerprint density at radius 3 is 3.19 bits per heavy atom. The molecule has 1 unspecified atom stereocenters. The van der Waals surface area contributed by atoms with Crippen molar-refractivity contribution in [2.75, 3.05) is 13.1 Å². The average molecular weight is 222 g/mol. The first-order valence-corrected chi connectivity index (χ1v) is 5.72. The second kappa shape index (κ2) is 5.12. The summed E-state index contributed by atoms with van der Waals surface area (Å²) in [4.78, 5) is 11.0. The molecule has 16 heavy (non-hydrogen) atoms. The van der Waals surface area contributed by atoms with E-state index in [0.717, 1.165) is 31.6 Å². The number of amides is 1. The van der Waals surface area contributed by atoms with E-state index in [1.165, 1.54) is 0 Å². The van der Waals surface area contributed by atoms with Gasteiger partial charge in [0.2, 0.25) is 5.91 Å². The fourth-order valence-electron chi connectivity index (χ4n) is 1.92. The summed E-state index contributed by atoms with van der Waals surface area (Å²) in [6, 6.07) is 2.34. The Kier molecular flexibility index (Phi) is 3.56. The number of carbonyl (C=O) groups is 1. The lowest BCUT2D eigenvalue weighted by molar-refractivity contribution is -0.119. The molecule has 1 aliphatic rings. The molecular formula is C11H18N4O. The van der Waals surface area contributed by atoms with E-state index in [1.54, 1.807) is 0 Å². The van der Waals surface area contributed by atoms with Crippen LogP contribution in [0.2, 0.25) is 0 Å². The largest absolute Gasteiger partial charge is 0.352 e. The molecule has 1 saturated heterocycles. The summed E-state index contributed by atoms with van der Waals surface area (Å²) in [5.41, 5.74) is 1.10. The fourth-order valence-corrected chi connectivity index (χ4v) is 1.92. The van der Waals surface area contributed by atoms with E-state index in [4.69, 9.17) is 0 Å². The van der Waals surface area contributed by atoms with Crippen LogP contribution >= 0.6 is 0 Å². The lowest BCUT2D eigenvalue weighted by Crippen LogP contribution is -2.36. The molecule has 1 atom stereocenters. The number of carbonyl (C=O) groups excluding carboxylic acids is 1. The summed E-state index contributed by atoms with van der Waals surface area (Å²) in [7, 11) is 1.92. The zero-order chi connectivity index (χ0) is 11.4. The summed E-state index contributed by atoms with van der Waals surface area (Å²) < 4.78 is 1.81. The molecular weight excluding hydrogens is 204 g/mol. The van der Waals surface area contributed by atoms with Crippen molar-refractivity contribution >= 4 is 5.91 Å². The zero-order valence-electron chi connectivity index (χ0n) is 9.57. The van der Waals surface area contributed by atoms with Gasteiger partial charge in [0, 0.05) is 45.2 Å². The highest BCUT2D eigenvalue weighted by Gasteiger charge is 2.19. The van der Waals surface area contributed by atoms with Gasteiger partial charge in [-0.1, -0.05) is 0 Å². The van der Waals surface area contributed by atoms with Gasteiger partial charge < -0.3 is 10.6 Å². The number of hydrogen-bond acceptors (Lipinski definition) is 3. The van der Waals surface area contributed by atoms with E-state index in [2.05, 4.69) is 15.7 Å². The van der Waals surface area contributed by atoms with Gasteiger partial charge in [-0.2, -0.15) is 5.10 Å². The normalized spacial score (nSPS) is 20.1. The van der Waals surface area contributed by atoms with Crippen LogP contribution in [-0.2, 0) is 18.3 Å². The smallest absolute Gasteiger partial charge is 0.220 e. The van der Waals surface area contributed by atoms with Crippen LogP contribution < -0.4 is 10.6 Å². The highest BCUT2D eigenvalue weighted by molar-refractivity contribution is 5.78. The third-order valence-electron chi connectivity index (χ3n) is 2.80. The average Bonchev–Trinajstić information content (AvgIpc) is 2.83. The molecule has 1 amide bonds. The minimum Gasteiger partial charge on any atom is -0.352 e. The van der Waals surface area contributed by atoms with Crippen molar-refractivity contribution in [3.05, 3.63) is 18.0 Å². The van der Waals surface area contributed by atoms with E-state index in [-0.39, 0.29) is 5.91 Å². The van der Waals surface area contributed by atoms with Gasteiger partial charge in [-0.05, 0) is 12.5 Å². The Morgan fingerprint density at radius 1 is 1.69 bits per heavy atom. The number of nitrogens with one attached hydrogen (secondary N) is 2. The fraction of sp³-hybridized carbons (Fsp3) is 0.636. The number of nitrogens with zero attached hydrogens (tertiary/aromatic N) is 2. The van der Waals surface area contributed by atoms with Gasteiger partial charge >= 0.3 is 0 Å². The predicted molar refractivity (Wildman–Crippen MR) is 60.9 cm³/mol. The standard InChI is InChI=1S/C11H18N4O/c1-15-7-5-9(14-15)4-6-12-8-10-2-3-11(16)13-10/h5,7,10,12H,2-4,6,8H2,1H3,(H,13,16). The minimum absolute atomic E-state index is 0.177. The summed E-state index contributed by atoms with van der Waals surface area (Å²) in [6.45, 7) is 1.77. The van der Waals surface area contributed by atoms with Crippen LogP contribution in [0.1, 0.15) is 18.5 Å². The maximum Gasteiger partial charge on any atom is 0.220 e. The van der Waals surface area contributed by atoms with Crippen molar-refractivity contribution in [2.24, 2.45) is 7.05 Å². The number of aryl methyl sites for hydroxylation is 1. The van der Waals surface area contributed by atoms with Crippen molar-refractivity contribution in [2.45, 2.75) is 25.3 Å². The summed E-state index contributed by atoms with van der Waals surface area (Å²) in [6.07, 6.45) is 4.51. The van der Waals surface area contributed by atoms with Crippen LogP contribution in [-0.4, -0.2) is 34.8 Å². The molecule has 0 saturated carbocycles. The van der Waals surface area contributed by atoms with Gasteiger partial charge in [0.25, 0.3) is 0 Å². The molecule has 1 aromatic rings. The third kappa shape index (κ3) is 3.06. The van der Waals surface area contributed by atoms with E-state index < -0.39 is 0 Å². The molecule has 0 radical (unpaired) electrons. The molecule has 2 heterocycles. The van der Waals surface area contributed by atoms with Gasteiger partial charge in [0.1, 0.15) is 0 Å². The Morgan fingerprint density at radius 2 is 2.56 bits per heavy atom. The minimum atomic E-state index is 0.177. The molecule has 1 aliphatic heterocycles. The van der Waals surface area contributed by atoms with E-state index in [1.807, 2.05) is 24.0 Å². The summed E-state index contributed by atoms with van der Waals surface area (Å²) in [5.74, 6) is 0.177. The second-order valence-electron chi connectivity index (χ2n) is 4.24. The second-order valence-corrected chi connectivity index (χ2v) is 4.24. The summed E-state index contributed by atoms with van der Waals surface area (Å²) >= 11 is 0. The van der Waals surface area contributed by atoms with Crippen molar-refractivity contribution in [3.8, 4) is 0 Å². The first kappa shape index (κ1) is 11.1. The number of rotatable bonds is 5. The number of hydrogen-bond donors (Lipinski definition) is 2. The van der Waals surface area contributed by atoms with E-state index in [9.17, 15) is 4.79 Å². The molecule has 1 aromatic heterocycles. The topological polar surface area (TPSA) is 59.0 Å². The molecule has 5 nitrogen and oxygen atoms in total. The van der Waals surface area contributed by atoms with Crippen molar-refractivity contribution in [3.63, 3.8) is 0 Å². The SMILES string of the molecule is Cn1ccc(CCNCC2CCC(=O)N2)n1. The van der Waals surface area contributed by atoms with E-state index in [0.29, 0.717) is 12.5 Å². The van der Waals surface area contributed by atoms with Gasteiger partial charge in [-0.3, -0.25) is 9.48 Å². The maximum absolute atomic E-state index is 11.0. The third-order valence-corrected chi connectivity index (χ3v) is 2.80. The van der Waals surface area contributed by atoms with Crippen LogP contribution in [0.25, 0.3) is 0 Å². The first-order valence-electron chi connectivity index (χ1n) is 5.72. The monoisotopic (exact) mass is 222 g/mol. The van der Waals surface area contributed by atoms with Gasteiger partial charge in [0.05, 0.1) is 5.69 Å². The van der Waals surface area contributed by atoms with Gasteiger partial charge in [-0.15, -0.1) is 0 Å². The van der Waals surface area contributed by atoms with Gasteiger partial charge in [-0.25, -0.2) is 0 Å². The first-order chi connectivity index (χ1) is 7.74. The van der Waals surface area contributed by atoms with Crippen LogP contribution in [0, 0.1) is 0 Å². The zero-order valence-corrected chi connectivity index (χ0v) is 9.57. The highest BCUT2D eigenvalue weighted by atomic mass is 16.1. The van der Waals surface area contributed by atoms with Gasteiger partial charge in [0.15, 0.2) is 0 Å². The Labute approximate surface area is 95.2 Å². The number of aromatic nitrogens is 2. The van der Waals surface area contributed by atoms with Crippen molar-refractivity contribution < 1.29 is 4.79 Å². The Hall–Kier alpha value is -1.36. The van der Waals surface area contributed by atoms with E-state index >= 15 is 0 Å². The molecule has 0 aromatic carbocycles. The molecule has 0 aliphatic carbocycles. The lowest BCUT2D eigenvalue weighted by Gasteiger charge is -2.10. The molecule has 2 rings (SSSR count). The van der Waals surface area contributed by atoms with Crippen LogP contribution in [0.4, 0.5) is 0 Å². The Balaban J connectivity index is 1.60. The lowest BCUT2D eigenvalue weighted by atomic mass is 10.2. The molecule has 1 fully saturated rings. The quantitative estimate of drug-likeness (QED) is 0.680. The molecule has 0 bridgehead atoms. The molecule has 5 heteroatoms. The predicted octanol–water partition coefficient (Wildman–Crippen LogP) is -0.169. The highest BCUT2D eigenvalue weighted by Crippen LogP contribution is 2.04. The summed E-state index contributed by atoms with van der Waals surface area (Å²) in [5, 5.41) is 10.6. The molecule has 2 N–H and O–H groups in total. The van der Waals surface area contributed by atoms with Crippen LogP contribution in [0.3, 0.4) is 0 Å².